The number of hydrogen-bond donors (Lipinski definition) is 1. The molecule has 0 radical (unpaired) electrons. The van der Waals surface area contributed by atoms with Gasteiger partial charge in [0, 0.05) is 18.4 Å². The SMILES string of the molecule is Cc1nc(CCc2nc(C3(N)CCC3)no2)oc1-c1ccccc1. The minimum Gasteiger partial charge on any atom is -0.440 e. The highest BCUT2D eigenvalue weighted by molar-refractivity contribution is 5.59. The van der Waals surface area contributed by atoms with E-state index < -0.39 is 0 Å². The second-order valence-electron chi connectivity index (χ2n) is 6.41. The summed E-state index contributed by atoms with van der Waals surface area (Å²) in [6, 6.07) is 9.98. The van der Waals surface area contributed by atoms with Crippen molar-refractivity contribution >= 4 is 0 Å². The van der Waals surface area contributed by atoms with Crippen LogP contribution in [0.1, 0.15) is 42.6 Å². The van der Waals surface area contributed by atoms with Gasteiger partial charge in [0.25, 0.3) is 0 Å². The minimum atomic E-state index is -0.387. The van der Waals surface area contributed by atoms with Gasteiger partial charge >= 0.3 is 0 Å². The van der Waals surface area contributed by atoms with Crippen LogP contribution < -0.4 is 5.73 Å². The van der Waals surface area contributed by atoms with Crippen molar-refractivity contribution in [1.29, 1.82) is 0 Å². The fraction of sp³-hybridized carbons (Fsp3) is 0.389. The van der Waals surface area contributed by atoms with Gasteiger partial charge in [-0.2, -0.15) is 4.98 Å². The van der Waals surface area contributed by atoms with Crippen LogP contribution >= 0.6 is 0 Å². The Morgan fingerprint density at radius 2 is 1.83 bits per heavy atom. The van der Waals surface area contributed by atoms with Gasteiger partial charge in [-0.15, -0.1) is 0 Å². The van der Waals surface area contributed by atoms with Gasteiger partial charge in [-0.05, 0) is 26.2 Å². The quantitative estimate of drug-likeness (QED) is 0.775. The van der Waals surface area contributed by atoms with Crippen LogP contribution in [0.25, 0.3) is 11.3 Å². The highest BCUT2D eigenvalue weighted by Crippen LogP contribution is 2.36. The third kappa shape index (κ3) is 2.73. The molecule has 124 valence electrons. The van der Waals surface area contributed by atoms with Gasteiger partial charge in [0.1, 0.15) is 0 Å². The summed E-state index contributed by atoms with van der Waals surface area (Å²) in [7, 11) is 0. The number of nitrogens with two attached hydrogens (primary N) is 1. The molecule has 2 N–H and O–H groups in total. The van der Waals surface area contributed by atoms with E-state index >= 15 is 0 Å². The second-order valence-corrected chi connectivity index (χ2v) is 6.41. The van der Waals surface area contributed by atoms with Crippen molar-refractivity contribution in [2.75, 3.05) is 0 Å². The molecule has 0 amide bonds. The number of aryl methyl sites for hydroxylation is 3. The molecule has 1 saturated carbocycles. The normalized spacial score (nSPS) is 16.1. The molecule has 0 aliphatic heterocycles. The third-order valence-corrected chi connectivity index (χ3v) is 4.59. The van der Waals surface area contributed by atoms with Crippen molar-refractivity contribution in [3.63, 3.8) is 0 Å². The summed E-state index contributed by atoms with van der Waals surface area (Å²) in [5.74, 6) is 2.69. The molecule has 1 fully saturated rings. The van der Waals surface area contributed by atoms with Crippen LogP contribution in [0.5, 0.6) is 0 Å². The first-order valence-electron chi connectivity index (χ1n) is 8.28. The summed E-state index contributed by atoms with van der Waals surface area (Å²) in [4.78, 5) is 8.94. The largest absolute Gasteiger partial charge is 0.440 e. The Kier molecular flexibility index (Phi) is 3.69. The van der Waals surface area contributed by atoms with E-state index in [1.807, 2.05) is 37.3 Å². The number of aromatic nitrogens is 3. The Hall–Kier alpha value is -2.47. The molecule has 0 spiro atoms. The fourth-order valence-corrected chi connectivity index (χ4v) is 2.97. The maximum Gasteiger partial charge on any atom is 0.227 e. The zero-order valence-electron chi connectivity index (χ0n) is 13.7. The van der Waals surface area contributed by atoms with Crippen molar-refractivity contribution in [3.8, 4) is 11.3 Å². The van der Waals surface area contributed by atoms with Gasteiger partial charge in [0.05, 0.1) is 11.2 Å². The molecule has 1 aromatic carbocycles. The van der Waals surface area contributed by atoms with Gasteiger partial charge in [0.2, 0.25) is 5.89 Å². The predicted molar refractivity (Wildman–Crippen MR) is 88.1 cm³/mol. The molecule has 6 heteroatoms. The van der Waals surface area contributed by atoms with E-state index in [1.165, 1.54) is 0 Å². The Labute approximate surface area is 140 Å². The number of nitrogens with zero attached hydrogens (tertiary/aromatic N) is 3. The van der Waals surface area contributed by atoms with Crippen LogP contribution in [0.2, 0.25) is 0 Å². The molecule has 0 unspecified atom stereocenters. The number of benzene rings is 1. The van der Waals surface area contributed by atoms with E-state index in [0.29, 0.717) is 30.4 Å². The zero-order valence-corrected chi connectivity index (χ0v) is 13.7. The molecule has 6 nitrogen and oxygen atoms in total. The molecule has 4 rings (SSSR count). The summed E-state index contributed by atoms with van der Waals surface area (Å²) < 4.78 is 11.2. The Morgan fingerprint density at radius 1 is 1.08 bits per heavy atom. The molecule has 0 saturated heterocycles. The summed E-state index contributed by atoms with van der Waals surface area (Å²) in [5, 5.41) is 4.03. The summed E-state index contributed by atoms with van der Waals surface area (Å²) >= 11 is 0. The van der Waals surface area contributed by atoms with E-state index in [0.717, 1.165) is 36.3 Å². The highest BCUT2D eigenvalue weighted by atomic mass is 16.5. The molecule has 1 aliphatic rings. The standard InChI is InChI=1S/C18H20N4O2/c1-12-16(13-6-3-2-4-7-13)23-14(20-12)8-9-15-21-17(22-24-15)18(19)10-5-11-18/h2-4,6-7H,5,8-11,19H2,1H3. The first-order valence-corrected chi connectivity index (χ1v) is 8.28. The summed E-state index contributed by atoms with van der Waals surface area (Å²) in [6.45, 7) is 1.95. The van der Waals surface area contributed by atoms with E-state index in [1.54, 1.807) is 0 Å². The minimum absolute atomic E-state index is 0.387. The number of rotatable bonds is 5. The molecule has 2 heterocycles. The zero-order chi connectivity index (χ0) is 16.6. The molecular formula is C18H20N4O2. The topological polar surface area (TPSA) is 91.0 Å². The molecule has 24 heavy (non-hydrogen) atoms. The van der Waals surface area contributed by atoms with Crippen LogP contribution in [0.4, 0.5) is 0 Å². The first kappa shape index (κ1) is 15.1. The monoisotopic (exact) mass is 324 g/mol. The molecular weight excluding hydrogens is 304 g/mol. The summed E-state index contributed by atoms with van der Waals surface area (Å²) in [6.07, 6.45) is 4.18. The van der Waals surface area contributed by atoms with Crippen LogP contribution in [0, 0.1) is 6.92 Å². The molecule has 3 aromatic rings. The van der Waals surface area contributed by atoms with Gasteiger partial charge in [0.15, 0.2) is 17.5 Å². The lowest BCUT2D eigenvalue weighted by atomic mass is 9.77. The second kappa shape index (κ2) is 5.87. The first-order chi connectivity index (χ1) is 11.6. The van der Waals surface area contributed by atoms with Crippen molar-refractivity contribution in [2.45, 2.75) is 44.6 Å². The van der Waals surface area contributed by atoms with Crippen molar-refractivity contribution in [3.05, 3.63) is 53.6 Å². The Morgan fingerprint density at radius 3 is 2.54 bits per heavy atom. The molecule has 0 atom stereocenters. The lowest BCUT2D eigenvalue weighted by Crippen LogP contribution is -2.44. The smallest absolute Gasteiger partial charge is 0.227 e. The maximum absolute atomic E-state index is 6.22. The van der Waals surface area contributed by atoms with Crippen LogP contribution in [0.3, 0.4) is 0 Å². The van der Waals surface area contributed by atoms with Crippen LogP contribution in [-0.4, -0.2) is 15.1 Å². The summed E-state index contributed by atoms with van der Waals surface area (Å²) in [5.41, 5.74) is 7.75. The fourth-order valence-electron chi connectivity index (χ4n) is 2.97. The van der Waals surface area contributed by atoms with E-state index in [9.17, 15) is 0 Å². The van der Waals surface area contributed by atoms with Crippen molar-refractivity contribution < 1.29 is 8.94 Å². The van der Waals surface area contributed by atoms with E-state index in [2.05, 4.69) is 15.1 Å². The van der Waals surface area contributed by atoms with E-state index in [4.69, 9.17) is 14.7 Å². The molecule has 0 bridgehead atoms. The molecule has 1 aliphatic carbocycles. The average molecular weight is 324 g/mol. The lowest BCUT2D eigenvalue weighted by Gasteiger charge is -2.34. The van der Waals surface area contributed by atoms with Gasteiger partial charge in [-0.25, -0.2) is 4.98 Å². The number of hydrogen-bond acceptors (Lipinski definition) is 6. The Bertz CT molecular complexity index is 834. The lowest BCUT2D eigenvalue weighted by molar-refractivity contribution is 0.229. The number of oxazole rings is 1. The van der Waals surface area contributed by atoms with E-state index in [-0.39, 0.29) is 5.54 Å². The van der Waals surface area contributed by atoms with Crippen LogP contribution in [0.15, 0.2) is 39.3 Å². The molecule has 2 aromatic heterocycles. The average Bonchev–Trinajstić information content (AvgIpc) is 3.18. The van der Waals surface area contributed by atoms with Gasteiger partial charge in [-0.3, -0.25) is 0 Å². The third-order valence-electron chi connectivity index (χ3n) is 4.59. The van der Waals surface area contributed by atoms with Crippen molar-refractivity contribution in [1.82, 2.24) is 15.1 Å². The predicted octanol–water partition coefficient (Wildman–Crippen LogP) is 3.16. The highest BCUT2D eigenvalue weighted by Gasteiger charge is 2.38. The van der Waals surface area contributed by atoms with Crippen molar-refractivity contribution in [2.24, 2.45) is 5.73 Å². The van der Waals surface area contributed by atoms with Gasteiger partial charge in [-0.1, -0.05) is 35.5 Å². The Balaban J connectivity index is 1.45. The maximum atomic E-state index is 6.22. The van der Waals surface area contributed by atoms with Crippen LogP contribution in [-0.2, 0) is 18.4 Å². The van der Waals surface area contributed by atoms with Gasteiger partial charge < -0.3 is 14.7 Å².